The third kappa shape index (κ3) is 2.47. The summed E-state index contributed by atoms with van der Waals surface area (Å²) in [5.41, 5.74) is 0.323. The molecular formula is C10H9FN4S. The Morgan fingerprint density at radius 2 is 2.00 bits per heavy atom. The number of benzene rings is 1. The summed E-state index contributed by atoms with van der Waals surface area (Å²) < 4.78 is 13.5. The van der Waals surface area contributed by atoms with E-state index in [0.29, 0.717) is 16.5 Å². The van der Waals surface area contributed by atoms with Crippen molar-refractivity contribution in [3.8, 4) is 0 Å². The number of aromatic nitrogens is 2. The molecule has 1 heterocycles. The fourth-order valence-corrected chi connectivity index (χ4v) is 1.47. The molecular weight excluding hydrogens is 227 g/mol. The van der Waals surface area contributed by atoms with Gasteiger partial charge in [-0.15, -0.1) is 0 Å². The molecule has 0 bridgehead atoms. The van der Waals surface area contributed by atoms with Crippen LogP contribution >= 0.6 is 11.9 Å². The lowest BCUT2D eigenvalue weighted by Crippen LogP contribution is -1.98. The largest absolute Gasteiger partial charge is 0.322 e. The molecule has 0 saturated carbocycles. The number of halogens is 1. The third-order valence-corrected chi connectivity index (χ3v) is 2.41. The number of nitrogens with zero attached hydrogens (tertiary/aromatic N) is 2. The van der Waals surface area contributed by atoms with Gasteiger partial charge in [0, 0.05) is 17.3 Å². The number of rotatable bonds is 3. The first kappa shape index (κ1) is 10.8. The Balaban J connectivity index is 2.22. The van der Waals surface area contributed by atoms with Gasteiger partial charge in [-0.1, -0.05) is 0 Å². The van der Waals surface area contributed by atoms with Gasteiger partial charge in [0.2, 0.25) is 5.95 Å². The van der Waals surface area contributed by atoms with Crippen LogP contribution in [0.1, 0.15) is 0 Å². The van der Waals surface area contributed by atoms with E-state index in [1.54, 1.807) is 30.6 Å². The van der Waals surface area contributed by atoms with E-state index < -0.39 is 0 Å². The first-order valence-corrected chi connectivity index (χ1v) is 5.38. The summed E-state index contributed by atoms with van der Waals surface area (Å²) >= 11 is 0.999. The van der Waals surface area contributed by atoms with E-state index in [0.717, 1.165) is 11.9 Å². The summed E-state index contributed by atoms with van der Waals surface area (Å²) in [5, 5.41) is 8.10. The van der Waals surface area contributed by atoms with Crippen LogP contribution in [0.5, 0.6) is 0 Å². The van der Waals surface area contributed by atoms with Gasteiger partial charge in [0.1, 0.15) is 5.82 Å². The minimum Gasteiger partial charge on any atom is -0.322 e. The van der Waals surface area contributed by atoms with Gasteiger partial charge in [-0.05, 0) is 36.2 Å². The molecule has 0 aliphatic rings. The Hall–Kier alpha value is -1.66. The predicted octanol–water partition coefficient (Wildman–Crippen LogP) is 2.33. The molecule has 82 valence electrons. The molecule has 16 heavy (non-hydrogen) atoms. The quantitative estimate of drug-likeness (QED) is 0.801. The Kier molecular flexibility index (Phi) is 3.33. The van der Waals surface area contributed by atoms with Crippen LogP contribution in [0.3, 0.4) is 0 Å². The minimum absolute atomic E-state index is 0.323. The molecule has 0 aliphatic carbocycles. The maximum absolute atomic E-state index is 13.5. The monoisotopic (exact) mass is 236 g/mol. The first-order valence-electron chi connectivity index (χ1n) is 4.50. The third-order valence-electron chi connectivity index (χ3n) is 1.89. The molecule has 6 heteroatoms. The molecule has 0 spiro atoms. The molecule has 4 nitrogen and oxygen atoms in total. The number of nitrogens with one attached hydrogen (secondary N) is 1. The summed E-state index contributed by atoms with van der Waals surface area (Å²) in [6.07, 6.45) is 3.16. The number of hydrogen-bond donors (Lipinski definition) is 2. The Labute approximate surface area is 96.2 Å². The highest BCUT2D eigenvalue weighted by Crippen LogP contribution is 2.21. The highest BCUT2D eigenvalue weighted by Gasteiger charge is 2.04. The second-order valence-corrected chi connectivity index (χ2v) is 3.66. The maximum Gasteiger partial charge on any atom is 0.227 e. The van der Waals surface area contributed by atoms with Crippen molar-refractivity contribution < 1.29 is 4.39 Å². The van der Waals surface area contributed by atoms with Gasteiger partial charge in [0.25, 0.3) is 0 Å². The van der Waals surface area contributed by atoms with Crippen LogP contribution in [0, 0.1) is 5.82 Å². The van der Waals surface area contributed by atoms with Crippen LogP contribution in [0.4, 0.5) is 16.0 Å². The zero-order valence-corrected chi connectivity index (χ0v) is 9.04. The zero-order valence-electron chi connectivity index (χ0n) is 8.22. The van der Waals surface area contributed by atoms with E-state index >= 15 is 0 Å². The van der Waals surface area contributed by atoms with Crippen molar-refractivity contribution in [2.24, 2.45) is 5.14 Å². The lowest BCUT2D eigenvalue weighted by atomic mass is 10.3. The molecule has 0 saturated heterocycles. The van der Waals surface area contributed by atoms with Crippen LogP contribution in [-0.2, 0) is 0 Å². The van der Waals surface area contributed by atoms with E-state index in [2.05, 4.69) is 15.3 Å². The van der Waals surface area contributed by atoms with Crippen molar-refractivity contribution in [3.63, 3.8) is 0 Å². The van der Waals surface area contributed by atoms with E-state index in [4.69, 9.17) is 5.14 Å². The minimum atomic E-state index is -0.386. The number of hydrogen-bond acceptors (Lipinski definition) is 5. The molecule has 2 aromatic rings. The second kappa shape index (κ2) is 4.91. The van der Waals surface area contributed by atoms with Gasteiger partial charge in [-0.2, -0.15) is 0 Å². The molecule has 0 atom stereocenters. The first-order chi connectivity index (χ1) is 7.79. The number of anilines is 2. The topological polar surface area (TPSA) is 63.8 Å². The van der Waals surface area contributed by atoms with Crippen molar-refractivity contribution in [1.29, 1.82) is 0 Å². The summed E-state index contributed by atoms with van der Waals surface area (Å²) in [6.45, 7) is 0. The van der Waals surface area contributed by atoms with Crippen LogP contribution in [0.25, 0.3) is 0 Å². The fraction of sp³-hybridized carbons (Fsp3) is 0. The van der Waals surface area contributed by atoms with E-state index in [1.807, 2.05) is 0 Å². The normalized spacial score (nSPS) is 10.1. The number of nitrogens with two attached hydrogens (primary N) is 1. The van der Waals surface area contributed by atoms with Gasteiger partial charge < -0.3 is 5.32 Å². The SMILES string of the molecule is NSc1ccc(Nc2ncccn2)c(F)c1. The molecule has 1 aromatic carbocycles. The summed E-state index contributed by atoms with van der Waals surface area (Å²) in [7, 11) is 0. The maximum atomic E-state index is 13.5. The lowest BCUT2D eigenvalue weighted by Gasteiger charge is -2.06. The van der Waals surface area contributed by atoms with Gasteiger partial charge in [-0.25, -0.2) is 14.4 Å². The molecule has 0 fully saturated rings. The van der Waals surface area contributed by atoms with Crippen LogP contribution in [-0.4, -0.2) is 9.97 Å². The lowest BCUT2D eigenvalue weighted by molar-refractivity contribution is 0.628. The molecule has 3 N–H and O–H groups in total. The average molecular weight is 236 g/mol. The molecule has 2 rings (SSSR count). The summed E-state index contributed by atoms with van der Waals surface area (Å²) in [5.74, 6) is -0.0301. The van der Waals surface area contributed by atoms with Crippen molar-refractivity contribution >= 4 is 23.6 Å². The Morgan fingerprint density at radius 1 is 1.25 bits per heavy atom. The van der Waals surface area contributed by atoms with Crippen molar-refractivity contribution in [3.05, 3.63) is 42.5 Å². The molecule has 0 unspecified atom stereocenters. The predicted molar refractivity (Wildman–Crippen MR) is 61.8 cm³/mol. The second-order valence-electron chi connectivity index (χ2n) is 2.96. The molecule has 0 amide bonds. The highest BCUT2D eigenvalue weighted by molar-refractivity contribution is 7.97. The fourth-order valence-electron chi connectivity index (χ4n) is 1.15. The zero-order chi connectivity index (χ0) is 11.4. The average Bonchev–Trinajstić information content (AvgIpc) is 2.33. The Bertz CT molecular complexity index is 478. The van der Waals surface area contributed by atoms with Crippen LogP contribution in [0.2, 0.25) is 0 Å². The van der Waals surface area contributed by atoms with Gasteiger partial charge in [0.15, 0.2) is 0 Å². The van der Waals surface area contributed by atoms with Crippen molar-refractivity contribution in [2.45, 2.75) is 4.90 Å². The molecule has 0 aliphatic heterocycles. The van der Waals surface area contributed by atoms with Gasteiger partial charge in [-0.3, -0.25) is 5.14 Å². The van der Waals surface area contributed by atoms with Gasteiger partial charge in [0.05, 0.1) is 5.69 Å². The summed E-state index contributed by atoms with van der Waals surface area (Å²) in [4.78, 5) is 8.54. The van der Waals surface area contributed by atoms with Gasteiger partial charge >= 0.3 is 0 Å². The summed E-state index contributed by atoms with van der Waals surface area (Å²) in [6, 6.07) is 6.37. The standard InChI is InChI=1S/C10H9FN4S/c11-8-6-7(16-12)2-3-9(8)15-10-13-4-1-5-14-10/h1-6H,12H2,(H,13,14,15). The highest BCUT2D eigenvalue weighted by atomic mass is 32.2. The van der Waals surface area contributed by atoms with E-state index in [9.17, 15) is 4.39 Å². The molecule has 1 aromatic heterocycles. The van der Waals surface area contributed by atoms with Crippen LogP contribution < -0.4 is 10.5 Å². The van der Waals surface area contributed by atoms with Crippen LogP contribution in [0.15, 0.2) is 41.6 Å². The van der Waals surface area contributed by atoms with E-state index in [1.165, 1.54) is 6.07 Å². The van der Waals surface area contributed by atoms with Crippen molar-refractivity contribution in [2.75, 3.05) is 5.32 Å². The molecule has 0 radical (unpaired) electrons. The smallest absolute Gasteiger partial charge is 0.227 e. The Morgan fingerprint density at radius 3 is 2.62 bits per heavy atom. The van der Waals surface area contributed by atoms with E-state index in [-0.39, 0.29) is 5.82 Å². The van der Waals surface area contributed by atoms with Crippen molar-refractivity contribution in [1.82, 2.24) is 9.97 Å².